The smallest absolute Gasteiger partial charge is 0.335 e. The number of carbonyl (C=O) groups excluding carboxylic acids is 1. The highest BCUT2D eigenvalue weighted by atomic mass is 16.5. The number of aromatic carboxylic acids is 1. The summed E-state index contributed by atoms with van der Waals surface area (Å²) in [4.78, 5) is 29.4. The summed E-state index contributed by atoms with van der Waals surface area (Å²) in [6.07, 6.45) is 3.73. The first kappa shape index (κ1) is 20.6. The van der Waals surface area contributed by atoms with Crippen molar-refractivity contribution in [2.45, 2.75) is 19.1 Å². The number of rotatable bonds is 8. The Morgan fingerprint density at radius 1 is 1.06 bits per heavy atom. The Kier molecular flexibility index (Phi) is 6.24. The van der Waals surface area contributed by atoms with Crippen LogP contribution in [-0.4, -0.2) is 46.1 Å². The number of carboxylic acid groups (broad SMARTS) is 1. The van der Waals surface area contributed by atoms with E-state index in [2.05, 4.69) is 15.2 Å². The van der Waals surface area contributed by atoms with Crippen molar-refractivity contribution in [1.82, 2.24) is 9.88 Å². The number of aromatic nitrogens is 1. The van der Waals surface area contributed by atoms with Crippen LogP contribution in [0.4, 0.5) is 5.69 Å². The van der Waals surface area contributed by atoms with Crippen molar-refractivity contribution in [2.24, 2.45) is 0 Å². The molecule has 0 aliphatic carbocycles. The van der Waals surface area contributed by atoms with Crippen molar-refractivity contribution in [3.8, 4) is 5.75 Å². The van der Waals surface area contributed by atoms with E-state index in [-0.39, 0.29) is 18.4 Å². The Morgan fingerprint density at radius 3 is 2.55 bits per heavy atom. The first-order valence-corrected chi connectivity index (χ1v) is 10.1. The molecule has 2 N–H and O–H groups in total. The average molecular weight is 417 g/mol. The van der Waals surface area contributed by atoms with Gasteiger partial charge in [0.1, 0.15) is 11.9 Å². The number of pyridine rings is 1. The molecule has 1 amide bonds. The topological polar surface area (TPSA) is 91.8 Å². The van der Waals surface area contributed by atoms with Gasteiger partial charge in [0.25, 0.3) is 0 Å². The number of anilines is 1. The van der Waals surface area contributed by atoms with Gasteiger partial charge < -0.3 is 15.2 Å². The number of amides is 1. The molecule has 4 rings (SSSR count). The van der Waals surface area contributed by atoms with Gasteiger partial charge in [0.15, 0.2) is 0 Å². The van der Waals surface area contributed by atoms with Gasteiger partial charge in [-0.3, -0.25) is 14.7 Å². The summed E-state index contributed by atoms with van der Waals surface area (Å²) in [5, 5.41) is 12.0. The van der Waals surface area contributed by atoms with Crippen molar-refractivity contribution in [3.05, 3.63) is 89.7 Å². The van der Waals surface area contributed by atoms with E-state index in [4.69, 9.17) is 9.84 Å². The molecule has 31 heavy (non-hydrogen) atoms. The van der Waals surface area contributed by atoms with E-state index in [1.54, 1.807) is 30.6 Å². The molecule has 3 aromatic rings. The van der Waals surface area contributed by atoms with Gasteiger partial charge in [-0.25, -0.2) is 4.79 Å². The molecule has 0 radical (unpaired) electrons. The van der Waals surface area contributed by atoms with E-state index in [1.807, 2.05) is 42.5 Å². The Balaban J connectivity index is 1.22. The molecule has 1 aromatic heterocycles. The van der Waals surface area contributed by atoms with Crippen molar-refractivity contribution in [2.75, 3.05) is 18.4 Å². The number of carboxylic acids is 1. The lowest BCUT2D eigenvalue weighted by Crippen LogP contribution is -2.53. The summed E-state index contributed by atoms with van der Waals surface area (Å²) in [5.74, 6) is -0.255. The maximum atomic E-state index is 12.1. The SMILES string of the molecule is O=C(Cc1cccnc1)Nc1ccc(OC2CN(Cc3cccc(C(=O)O)c3)C2)cc1. The lowest BCUT2D eigenvalue weighted by Gasteiger charge is -2.39. The van der Waals surface area contributed by atoms with Crippen LogP contribution in [0.25, 0.3) is 0 Å². The molecule has 0 unspecified atom stereocenters. The number of nitrogens with one attached hydrogen (secondary N) is 1. The summed E-state index contributed by atoms with van der Waals surface area (Å²) in [5.41, 5.74) is 2.86. The van der Waals surface area contributed by atoms with Gasteiger partial charge >= 0.3 is 5.97 Å². The molecule has 0 atom stereocenters. The number of likely N-dealkylation sites (tertiary alicyclic amines) is 1. The van der Waals surface area contributed by atoms with E-state index in [0.29, 0.717) is 12.1 Å². The molecule has 2 heterocycles. The molecule has 1 aliphatic heterocycles. The molecular formula is C24H23N3O4. The maximum absolute atomic E-state index is 12.1. The summed E-state index contributed by atoms with van der Waals surface area (Å²) in [6.45, 7) is 2.25. The number of nitrogens with zero attached hydrogens (tertiary/aromatic N) is 2. The second-order valence-electron chi connectivity index (χ2n) is 7.55. The van der Waals surface area contributed by atoms with Crippen LogP contribution < -0.4 is 10.1 Å². The van der Waals surface area contributed by atoms with Gasteiger partial charge in [-0.1, -0.05) is 18.2 Å². The van der Waals surface area contributed by atoms with E-state index >= 15 is 0 Å². The van der Waals surface area contributed by atoms with Crippen LogP contribution in [0.15, 0.2) is 73.1 Å². The minimum atomic E-state index is -0.914. The summed E-state index contributed by atoms with van der Waals surface area (Å²) >= 11 is 0. The third kappa shape index (κ3) is 5.67. The van der Waals surface area contributed by atoms with Crippen molar-refractivity contribution in [3.63, 3.8) is 0 Å². The normalized spacial score (nSPS) is 13.9. The zero-order chi connectivity index (χ0) is 21.6. The molecular weight excluding hydrogens is 394 g/mol. The number of ether oxygens (including phenoxy) is 1. The summed E-state index contributed by atoms with van der Waals surface area (Å²) in [6, 6.07) is 18.0. The van der Waals surface area contributed by atoms with Gasteiger partial charge in [0, 0.05) is 37.7 Å². The van der Waals surface area contributed by atoms with Gasteiger partial charge in [-0.15, -0.1) is 0 Å². The molecule has 0 spiro atoms. The van der Waals surface area contributed by atoms with Crippen LogP contribution in [0.1, 0.15) is 21.5 Å². The third-order valence-electron chi connectivity index (χ3n) is 5.03. The molecule has 7 heteroatoms. The van der Waals surface area contributed by atoms with Crippen LogP contribution in [0.2, 0.25) is 0 Å². The molecule has 2 aromatic carbocycles. The zero-order valence-corrected chi connectivity index (χ0v) is 16.9. The second-order valence-corrected chi connectivity index (χ2v) is 7.55. The Labute approximate surface area is 180 Å². The molecule has 0 saturated carbocycles. The minimum Gasteiger partial charge on any atom is -0.488 e. The van der Waals surface area contributed by atoms with Gasteiger partial charge in [-0.2, -0.15) is 0 Å². The van der Waals surface area contributed by atoms with Crippen molar-refractivity contribution >= 4 is 17.6 Å². The summed E-state index contributed by atoms with van der Waals surface area (Å²) in [7, 11) is 0. The highest BCUT2D eigenvalue weighted by Crippen LogP contribution is 2.22. The lowest BCUT2D eigenvalue weighted by atomic mass is 10.1. The Hall–Kier alpha value is -3.71. The van der Waals surface area contributed by atoms with Crippen molar-refractivity contribution in [1.29, 1.82) is 0 Å². The molecule has 1 aliphatic rings. The number of hydrogen-bond donors (Lipinski definition) is 2. The maximum Gasteiger partial charge on any atom is 0.335 e. The van der Waals surface area contributed by atoms with Crippen LogP contribution in [0.5, 0.6) is 5.75 Å². The first-order valence-electron chi connectivity index (χ1n) is 10.1. The van der Waals surface area contributed by atoms with Crippen LogP contribution in [0, 0.1) is 0 Å². The second kappa shape index (κ2) is 9.40. The molecule has 1 fully saturated rings. The fraction of sp³-hybridized carbons (Fsp3) is 0.208. The standard InChI is InChI=1S/C24H23N3O4/c28-23(12-17-4-2-10-25-13-17)26-20-6-8-21(9-7-20)31-22-15-27(16-22)14-18-3-1-5-19(11-18)24(29)30/h1-11,13,22H,12,14-16H2,(H,26,28)(H,29,30). The average Bonchev–Trinajstić information content (AvgIpc) is 2.74. The highest BCUT2D eigenvalue weighted by molar-refractivity contribution is 5.92. The van der Waals surface area contributed by atoms with Gasteiger partial charge in [0.2, 0.25) is 5.91 Å². The third-order valence-corrected chi connectivity index (χ3v) is 5.03. The Morgan fingerprint density at radius 2 is 1.84 bits per heavy atom. The Bertz CT molecular complexity index is 1050. The number of carbonyl (C=O) groups is 2. The zero-order valence-electron chi connectivity index (χ0n) is 16.9. The van der Waals surface area contributed by atoms with E-state index in [1.165, 1.54) is 0 Å². The highest BCUT2D eigenvalue weighted by Gasteiger charge is 2.28. The van der Waals surface area contributed by atoms with Crippen LogP contribution >= 0.6 is 0 Å². The van der Waals surface area contributed by atoms with Crippen LogP contribution in [-0.2, 0) is 17.8 Å². The van der Waals surface area contributed by atoms with Gasteiger partial charge in [0.05, 0.1) is 12.0 Å². The van der Waals surface area contributed by atoms with Crippen LogP contribution in [0.3, 0.4) is 0 Å². The predicted octanol–water partition coefficient (Wildman–Crippen LogP) is 3.22. The lowest BCUT2D eigenvalue weighted by molar-refractivity contribution is -0.115. The molecule has 0 bridgehead atoms. The van der Waals surface area contributed by atoms with E-state index in [0.717, 1.165) is 35.7 Å². The predicted molar refractivity (Wildman–Crippen MR) is 116 cm³/mol. The monoisotopic (exact) mass is 417 g/mol. The summed E-state index contributed by atoms with van der Waals surface area (Å²) < 4.78 is 5.98. The molecule has 158 valence electrons. The molecule has 1 saturated heterocycles. The quantitative estimate of drug-likeness (QED) is 0.585. The fourth-order valence-electron chi connectivity index (χ4n) is 3.49. The molecule has 7 nitrogen and oxygen atoms in total. The van der Waals surface area contributed by atoms with E-state index < -0.39 is 5.97 Å². The minimum absolute atomic E-state index is 0.0914. The largest absolute Gasteiger partial charge is 0.488 e. The number of hydrogen-bond acceptors (Lipinski definition) is 5. The fourth-order valence-corrected chi connectivity index (χ4v) is 3.49. The van der Waals surface area contributed by atoms with E-state index in [9.17, 15) is 9.59 Å². The first-order chi connectivity index (χ1) is 15.0. The van der Waals surface area contributed by atoms with Crippen molar-refractivity contribution < 1.29 is 19.4 Å². The van der Waals surface area contributed by atoms with Gasteiger partial charge in [-0.05, 0) is 53.6 Å². The number of benzene rings is 2.